The van der Waals surface area contributed by atoms with Crippen molar-refractivity contribution in [2.45, 2.75) is 32.7 Å². The first-order chi connectivity index (χ1) is 9.95. The Morgan fingerprint density at radius 1 is 1.33 bits per heavy atom. The molecule has 0 aliphatic rings. The van der Waals surface area contributed by atoms with Gasteiger partial charge in [-0.2, -0.15) is 0 Å². The fourth-order valence-electron chi connectivity index (χ4n) is 1.87. The van der Waals surface area contributed by atoms with Gasteiger partial charge in [0.2, 0.25) is 0 Å². The summed E-state index contributed by atoms with van der Waals surface area (Å²) in [7, 11) is 0. The molecule has 0 heterocycles. The molecule has 0 aromatic heterocycles. The third-order valence-corrected chi connectivity index (χ3v) is 3.39. The van der Waals surface area contributed by atoms with Crippen LogP contribution >= 0.6 is 0 Å². The Balaban J connectivity index is 2.43. The number of halogens is 1. The van der Waals surface area contributed by atoms with E-state index in [0.29, 0.717) is 18.4 Å². The van der Waals surface area contributed by atoms with Gasteiger partial charge in [0.1, 0.15) is 5.82 Å². The van der Waals surface area contributed by atoms with Gasteiger partial charge in [-0.25, -0.2) is 9.18 Å². The van der Waals surface area contributed by atoms with E-state index in [1.54, 1.807) is 25.1 Å². The lowest BCUT2D eigenvalue weighted by Crippen LogP contribution is -2.54. The Morgan fingerprint density at radius 2 is 2.00 bits per heavy atom. The highest BCUT2D eigenvalue weighted by Gasteiger charge is 2.19. The van der Waals surface area contributed by atoms with E-state index in [-0.39, 0.29) is 18.3 Å². The number of carboxylic acids is 1. The van der Waals surface area contributed by atoms with Crippen molar-refractivity contribution in [3.05, 3.63) is 35.6 Å². The molecule has 2 amide bonds. The van der Waals surface area contributed by atoms with Gasteiger partial charge < -0.3 is 20.5 Å². The molecule has 5 nitrogen and oxygen atoms in total. The van der Waals surface area contributed by atoms with Crippen LogP contribution in [0.4, 0.5) is 9.18 Å². The molecule has 0 bridgehead atoms. The molecule has 2 atom stereocenters. The average molecular weight is 295 g/mol. The molecule has 0 radical (unpaired) electrons. The van der Waals surface area contributed by atoms with Crippen LogP contribution in [-0.4, -0.2) is 24.6 Å². The zero-order valence-corrected chi connectivity index (χ0v) is 12.2. The van der Waals surface area contributed by atoms with Gasteiger partial charge in [-0.05, 0) is 24.0 Å². The molecule has 1 aromatic rings. The van der Waals surface area contributed by atoms with Crippen molar-refractivity contribution in [1.82, 2.24) is 10.6 Å². The van der Waals surface area contributed by atoms with Crippen LogP contribution in [0.1, 0.15) is 25.8 Å². The van der Waals surface area contributed by atoms with Crippen LogP contribution < -0.4 is 15.7 Å². The maximum absolute atomic E-state index is 13.4. The Bertz CT molecular complexity index is 494. The summed E-state index contributed by atoms with van der Waals surface area (Å²) in [6.45, 7) is 3.77. The average Bonchev–Trinajstić information content (AvgIpc) is 2.45. The molecular formula is C15H20FN2O3-. The van der Waals surface area contributed by atoms with Crippen LogP contribution in [-0.2, 0) is 11.2 Å². The van der Waals surface area contributed by atoms with E-state index in [2.05, 4.69) is 10.6 Å². The number of carboxylic acid groups (broad SMARTS) is 1. The molecule has 1 aromatic carbocycles. The van der Waals surface area contributed by atoms with E-state index in [9.17, 15) is 19.1 Å². The number of urea groups is 1. The van der Waals surface area contributed by atoms with E-state index in [1.807, 2.05) is 6.92 Å². The van der Waals surface area contributed by atoms with Crippen molar-refractivity contribution < 1.29 is 19.1 Å². The molecule has 6 heteroatoms. The van der Waals surface area contributed by atoms with Crippen molar-refractivity contribution in [1.29, 1.82) is 0 Å². The summed E-state index contributed by atoms with van der Waals surface area (Å²) in [4.78, 5) is 22.6. The second kappa shape index (κ2) is 8.24. The number of rotatable bonds is 7. The first-order valence-electron chi connectivity index (χ1n) is 6.94. The summed E-state index contributed by atoms with van der Waals surface area (Å²) >= 11 is 0. The highest BCUT2D eigenvalue weighted by molar-refractivity contribution is 5.81. The summed E-state index contributed by atoms with van der Waals surface area (Å²) < 4.78 is 13.4. The van der Waals surface area contributed by atoms with Crippen molar-refractivity contribution in [2.75, 3.05) is 6.54 Å². The van der Waals surface area contributed by atoms with Crippen LogP contribution in [0.2, 0.25) is 0 Å². The van der Waals surface area contributed by atoms with Gasteiger partial charge in [0, 0.05) is 6.54 Å². The van der Waals surface area contributed by atoms with Gasteiger partial charge in [-0.15, -0.1) is 0 Å². The number of hydrogen-bond acceptors (Lipinski definition) is 3. The number of amides is 2. The van der Waals surface area contributed by atoms with Crippen molar-refractivity contribution in [3.8, 4) is 0 Å². The monoisotopic (exact) mass is 295 g/mol. The summed E-state index contributed by atoms with van der Waals surface area (Å²) in [6, 6.07) is 4.66. The Hall–Kier alpha value is -2.11. The molecule has 0 fully saturated rings. The van der Waals surface area contributed by atoms with Crippen LogP contribution in [0.15, 0.2) is 24.3 Å². The molecule has 0 saturated carbocycles. The van der Waals surface area contributed by atoms with Crippen molar-refractivity contribution >= 4 is 12.0 Å². The third kappa shape index (κ3) is 5.41. The van der Waals surface area contributed by atoms with Gasteiger partial charge in [0.05, 0.1) is 12.0 Å². The smallest absolute Gasteiger partial charge is 0.315 e. The number of carbonyl (C=O) groups excluding carboxylic acids is 2. The highest BCUT2D eigenvalue weighted by atomic mass is 19.1. The van der Waals surface area contributed by atoms with Crippen LogP contribution in [0.25, 0.3) is 0 Å². The Morgan fingerprint density at radius 3 is 2.57 bits per heavy atom. The Labute approximate surface area is 123 Å². The van der Waals surface area contributed by atoms with Crippen molar-refractivity contribution in [3.63, 3.8) is 0 Å². The first kappa shape index (κ1) is 16.9. The fraction of sp³-hybridized carbons (Fsp3) is 0.467. The summed E-state index contributed by atoms with van der Waals surface area (Å²) in [6.07, 6.45) is 0.938. The molecule has 0 unspecified atom stereocenters. The van der Waals surface area contributed by atoms with Gasteiger partial charge in [0.15, 0.2) is 0 Å². The standard InChI is InChI=1S/C15H21FN2O3/c1-3-10(2)13(14(19)20)18-15(21)17-9-8-11-6-4-5-7-12(11)16/h4-7,10,13H,3,8-9H2,1-2H3,(H,19,20)(H2,17,18,21)/p-1/t10-,13+/m1/s1. The second-order valence-corrected chi connectivity index (χ2v) is 4.92. The van der Waals surface area contributed by atoms with E-state index in [4.69, 9.17) is 0 Å². The lowest BCUT2D eigenvalue weighted by molar-refractivity contribution is -0.309. The topological polar surface area (TPSA) is 81.3 Å². The molecule has 1 rings (SSSR count). The second-order valence-electron chi connectivity index (χ2n) is 4.92. The fourth-order valence-corrected chi connectivity index (χ4v) is 1.87. The molecule has 21 heavy (non-hydrogen) atoms. The lowest BCUT2D eigenvalue weighted by Gasteiger charge is -2.25. The largest absolute Gasteiger partial charge is 0.548 e. The van der Waals surface area contributed by atoms with Gasteiger partial charge in [-0.3, -0.25) is 0 Å². The third-order valence-electron chi connectivity index (χ3n) is 3.39. The lowest BCUT2D eigenvalue weighted by atomic mass is 9.99. The molecule has 0 saturated heterocycles. The molecule has 2 N–H and O–H groups in total. The van der Waals surface area contributed by atoms with Crippen molar-refractivity contribution in [2.24, 2.45) is 5.92 Å². The highest BCUT2D eigenvalue weighted by Crippen LogP contribution is 2.07. The minimum atomic E-state index is -1.31. The van der Waals surface area contributed by atoms with Gasteiger partial charge >= 0.3 is 6.03 Å². The predicted molar refractivity (Wildman–Crippen MR) is 74.9 cm³/mol. The predicted octanol–water partition coefficient (Wildman–Crippen LogP) is 0.832. The molecule has 0 aliphatic heterocycles. The summed E-state index contributed by atoms with van der Waals surface area (Å²) in [5.74, 6) is -1.87. The van der Waals surface area contributed by atoms with E-state index < -0.39 is 18.0 Å². The number of carbonyl (C=O) groups is 2. The molecule has 0 spiro atoms. The normalized spacial score (nSPS) is 13.3. The zero-order chi connectivity index (χ0) is 15.8. The minimum Gasteiger partial charge on any atom is -0.548 e. The van der Waals surface area contributed by atoms with Gasteiger partial charge in [-0.1, -0.05) is 38.5 Å². The Kier molecular flexibility index (Phi) is 6.65. The molecular weight excluding hydrogens is 275 g/mol. The number of aliphatic carboxylic acids is 1. The summed E-state index contributed by atoms with van der Waals surface area (Å²) in [5.41, 5.74) is 0.496. The van der Waals surface area contributed by atoms with Crippen LogP contribution in [0, 0.1) is 11.7 Å². The first-order valence-corrected chi connectivity index (χ1v) is 6.94. The van der Waals surface area contributed by atoms with Crippen LogP contribution in [0.3, 0.4) is 0 Å². The number of benzene rings is 1. The van der Waals surface area contributed by atoms with Gasteiger partial charge in [0.25, 0.3) is 0 Å². The van der Waals surface area contributed by atoms with Crippen LogP contribution in [0.5, 0.6) is 0 Å². The van der Waals surface area contributed by atoms with E-state index in [0.717, 1.165) is 0 Å². The summed E-state index contributed by atoms with van der Waals surface area (Å²) in [5, 5.41) is 15.8. The number of hydrogen-bond donors (Lipinski definition) is 2. The molecule has 0 aliphatic carbocycles. The minimum absolute atomic E-state index is 0.215. The van der Waals surface area contributed by atoms with E-state index in [1.165, 1.54) is 6.07 Å². The zero-order valence-electron chi connectivity index (χ0n) is 12.2. The molecule has 116 valence electrons. The maximum Gasteiger partial charge on any atom is 0.315 e. The maximum atomic E-state index is 13.4. The number of nitrogens with one attached hydrogen (secondary N) is 2. The quantitative estimate of drug-likeness (QED) is 0.782. The van der Waals surface area contributed by atoms with E-state index >= 15 is 0 Å². The SMILES string of the molecule is CC[C@@H](C)[C@H](NC(=O)NCCc1ccccc1F)C(=O)[O-].